The Morgan fingerprint density at radius 3 is 2.85 bits per heavy atom. The van der Waals surface area contributed by atoms with Crippen LogP contribution in [0.25, 0.3) is 22.8 Å². The molecule has 2 heterocycles. The minimum Gasteiger partial charge on any atom is -0.489 e. The third-order valence-electron chi connectivity index (χ3n) is 6.52. The van der Waals surface area contributed by atoms with E-state index in [2.05, 4.69) is 21.5 Å². The number of fused-ring (bicyclic) bond motifs is 1. The number of nitrogen functional groups attached to an aromatic ring is 1. The summed E-state index contributed by atoms with van der Waals surface area (Å²) in [6.45, 7) is 6.05. The van der Waals surface area contributed by atoms with E-state index in [0.717, 1.165) is 49.9 Å². The molecule has 2 aliphatic rings. The number of nitrogens with zero attached hydrogens (tertiary/aromatic N) is 3. The summed E-state index contributed by atoms with van der Waals surface area (Å²) in [5.74, 6) is 1.80. The number of hydrogen-bond acceptors (Lipinski definition) is 7. The standard InChI is InChI=1S/C26H31N5O3/c1-16(2)33-23-11-8-17(14-21(23)27)26-29-25(30-34-26)20-7-5-6-19-18(20)9-10-22(19)28-15-24(32)31-12-3-4-13-31/h5-8,11,14,16,22,28H,3-4,9-10,12-13,15,27H2,1-2H3/t22-/m1/s1. The molecule has 3 N–H and O–H groups in total. The fourth-order valence-electron chi connectivity index (χ4n) is 4.86. The minimum atomic E-state index is 0.0417. The van der Waals surface area contributed by atoms with E-state index in [-0.39, 0.29) is 18.1 Å². The molecule has 3 aromatic rings. The lowest BCUT2D eigenvalue weighted by molar-refractivity contribution is -0.129. The Hall–Kier alpha value is -3.39. The topological polar surface area (TPSA) is 107 Å². The summed E-state index contributed by atoms with van der Waals surface area (Å²) in [6, 6.07) is 11.8. The van der Waals surface area contributed by atoms with Crippen molar-refractivity contribution in [1.82, 2.24) is 20.4 Å². The second-order valence-electron chi connectivity index (χ2n) is 9.28. The van der Waals surface area contributed by atoms with E-state index in [1.54, 1.807) is 6.07 Å². The summed E-state index contributed by atoms with van der Waals surface area (Å²) >= 11 is 0. The van der Waals surface area contributed by atoms with Gasteiger partial charge in [0.25, 0.3) is 5.89 Å². The van der Waals surface area contributed by atoms with Crippen LogP contribution in [0.3, 0.4) is 0 Å². The predicted octanol–water partition coefficient (Wildman–Crippen LogP) is 3.97. The van der Waals surface area contributed by atoms with Crippen LogP contribution in [0.5, 0.6) is 5.75 Å². The molecule has 178 valence electrons. The Labute approximate surface area is 199 Å². The van der Waals surface area contributed by atoms with E-state index in [4.69, 9.17) is 15.0 Å². The van der Waals surface area contributed by atoms with Crippen molar-refractivity contribution in [3.05, 3.63) is 47.5 Å². The molecule has 0 unspecified atom stereocenters. The van der Waals surface area contributed by atoms with Crippen LogP contribution < -0.4 is 15.8 Å². The van der Waals surface area contributed by atoms with Crippen LogP contribution >= 0.6 is 0 Å². The molecule has 1 atom stereocenters. The van der Waals surface area contributed by atoms with E-state index in [0.29, 0.717) is 29.7 Å². The van der Waals surface area contributed by atoms with E-state index in [9.17, 15) is 4.79 Å². The van der Waals surface area contributed by atoms with Gasteiger partial charge in [0.2, 0.25) is 11.7 Å². The van der Waals surface area contributed by atoms with Crippen molar-refractivity contribution in [2.45, 2.75) is 51.7 Å². The van der Waals surface area contributed by atoms with Gasteiger partial charge in [-0.1, -0.05) is 23.4 Å². The highest BCUT2D eigenvalue weighted by Crippen LogP contribution is 2.37. The molecule has 2 aromatic carbocycles. The number of ether oxygens (including phenoxy) is 1. The first-order valence-corrected chi connectivity index (χ1v) is 12.0. The molecule has 34 heavy (non-hydrogen) atoms. The smallest absolute Gasteiger partial charge is 0.258 e. The van der Waals surface area contributed by atoms with Gasteiger partial charge in [-0.15, -0.1) is 0 Å². The third kappa shape index (κ3) is 4.50. The summed E-state index contributed by atoms with van der Waals surface area (Å²) in [5, 5.41) is 7.72. The summed E-state index contributed by atoms with van der Waals surface area (Å²) in [5.41, 5.74) is 10.8. The maximum atomic E-state index is 12.5. The quantitative estimate of drug-likeness (QED) is 0.513. The van der Waals surface area contributed by atoms with Crippen LogP contribution in [-0.4, -0.2) is 46.7 Å². The molecular weight excluding hydrogens is 430 g/mol. The van der Waals surface area contributed by atoms with E-state index in [1.165, 1.54) is 11.1 Å². The molecule has 1 aliphatic heterocycles. The fraction of sp³-hybridized carbons (Fsp3) is 0.423. The molecular formula is C26H31N5O3. The first-order valence-electron chi connectivity index (χ1n) is 12.0. The number of hydrogen-bond donors (Lipinski definition) is 2. The van der Waals surface area contributed by atoms with Gasteiger partial charge < -0.3 is 25.2 Å². The molecule has 5 rings (SSSR count). The predicted molar refractivity (Wildman–Crippen MR) is 130 cm³/mol. The SMILES string of the molecule is CC(C)Oc1ccc(-c2nc(-c3cccc4c3CC[C@H]4NCC(=O)N3CCCC3)no2)cc1N. The van der Waals surface area contributed by atoms with Crippen LogP contribution in [0.1, 0.15) is 50.3 Å². The first kappa shape index (κ1) is 22.4. The van der Waals surface area contributed by atoms with Gasteiger partial charge in [0.05, 0.1) is 18.3 Å². The monoisotopic (exact) mass is 461 g/mol. The van der Waals surface area contributed by atoms with Crippen LogP contribution in [0, 0.1) is 0 Å². The molecule has 0 spiro atoms. The molecule has 8 nitrogen and oxygen atoms in total. The Bertz CT molecular complexity index is 1180. The average molecular weight is 462 g/mol. The lowest BCUT2D eigenvalue weighted by Crippen LogP contribution is -2.37. The maximum absolute atomic E-state index is 12.5. The Morgan fingerprint density at radius 2 is 2.09 bits per heavy atom. The summed E-state index contributed by atoms with van der Waals surface area (Å²) in [6.07, 6.45) is 4.10. The maximum Gasteiger partial charge on any atom is 0.258 e. The van der Waals surface area contributed by atoms with Crippen molar-refractivity contribution >= 4 is 11.6 Å². The van der Waals surface area contributed by atoms with Crippen LogP contribution in [0.15, 0.2) is 40.9 Å². The summed E-state index contributed by atoms with van der Waals surface area (Å²) in [4.78, 5) is 19.1. The molecule has 0 saturated carbocycles. The normalized spacial score (nSPS) is 17.4. The van der Waals surface area contributed by atoms with Crippen LogP contribution in [0.4, 0.5) is 5.69 Å². The summed E-state index contributed by atoms with van der Waals surface area (Å²) in [7, 11) is 0. The zero-order valence-electron chi connectivity index (χ0n) is 19.7. The van der Waals surface area contributed by atoms with Gasteiger partial charge in [-0.3, -0.25) is 4.79 Å². The van der Waals surface area contributed by atoms with Crippen molar-refractivity contribution in [3.8, 4) is 28.6 Å². The van der Waals surface area contributed by atoms with Gasteiger partial charge in [-0.2, -0.15) is 4.98 Å². The van der Waals surface area contributed by atoms with Gasteiger partial charge in [0.15, 0.2) is 0 Å². The van der Waals surface area contributed by atoms with Crippen molar-refractivity contribution in [2.75, 3.05) is 25.4 Å². The number of aromatic nitrogens is 2. The number of rotatable bonds is 7. The number of nitrogens with one attached hydrogen (secondary N) is 1. The fourth-order valence-corrected chi connectivity index (χ4v) is 4.86. The number of carbonyl (C=O) groups is 1. The zero-order valence-corrected chi connectivity index (χ0v) is 19.7. The van der Waals surface area contributed by atoms with E-state index in [1.807, 2.05) is 43.0 Å². The molecule has 0 radical (unpaired) electrons. The number of amides is 1. The number of anilines is 1. The molecule has 1 aromatic heterocycles. The van der Waals surface area contributed by atoms with Gasteiger partial charge >= 0.3 is 0 Å². The molecule has 1 aliphatic carbocycles. The van der Waals surface area contributed by atoms with Crippen molar-refractivity contribution in [2.24, 2.45) is 0 Å². The zero-order chi connectivity index (χ0) is 23.7. The van der Waals surface area contributed by atoms with Gasteiger partial charge in [0, 0.05) is 30.3 Å². The average Bonchev–Trinajstić information content (AvgIpc) is 3.59. The Morgan fingerprint density at radius 1 is 1.26 bits per heavy atom. The van der Waals surface area contributed by atoms with Gasteiger partial charge in [0.1, 0.15) is 5.75 Å². The summed E-state index contributed by atoms with van der Waals surface area (Å²) < 4.78 is 11.3. The highest BCUT2D eigenvalue weighted by Gasteiger charge is 2.27. The lowest BCUT2D eigenvalue weighted by Gasteiger charge is -2.19. The second-order valence-corrected chi connectivity index (χ2v) is 9.28. The molecule has 0 bridgehead atoms. The Balaban J connectivity index is 1.32. The molecule has 1 fully saturated rings. The van der Waals surface area contributed by atoms with Crippen molar-refractivity contribution < 1.29 is 14.1 Å². The van der Waals surface area contributed by atoms with Crippen LogP contribution in [0.2, 0.25) is 0 Å². The largest absolute Gasteiger partial charge is 0.489 e. The van der Waals surface area contributed by atoms with Crippen LogP contribution in [-0.2, 0) is 11.2 Å². The number of benzene rings is 2. The van der Waals surface area contributed by atoms with Crippen molar-refractivity contribution in [1.29, 1.82) is 0 Å². The first-order chi connectivity index (χ1) is 16.5. The Kier molecular flexibility index (Phi) is 6.24. The minimum absolute atomic E-state index is 0.0417. The molecule has 1 saturated heterocycles. The molecule has 1 amide bonds. The van der Waals surface area contributed by atoms with E-state index < -0.39 is 0 Å². The van der Waals surface area contributed by atoms with Gasteiger partial charge in [-0.25, -0.2) is 0 Å². The van der Waals surface area contributed by atoms with E-state index >= 15 is 0 Å². The second kappa shape index (κ2) is 9.46. The molecule has 8 heteroatoms. The van der Waals surface area contributed by atoms with Gasteiger partial charge in [-0.05, 0) is 68.9 Å². The lowest BCUT2D eigenvalue weighted by atomic mass is 10.0. The number of carbonyl (C=O) groups excluding carboxylic acids is 1. The number of likely N-dealkylation sites (tertiary alicyclic amines) is 1. The third-order valence-corrected chi connectivity index (χ3v) is 6.52. The highest BCUT2D eigenvalue weighted by molar-refractivity contribution is 5.78. The van der Waals surface area contributed by atoms with Crippen molar-refractivity contribution in [3.63, 3.8) is 0 Å². The number of nitrogens with two attached hydrogens (primary N) is 1. The highest BCUT2D eigenvalue weighted by atomic mass is 16.5.